The smallest absolute Gasteiger partial charge is 0.0957 e. The van der Waals surface area contributed by atoms with Gasteiger partial charge in [-0.1, -0.05) is 0 Å². The van der Waals surface area contributed by atoms with E-state index in [-0.39, 0.29) is 0 Å². The van der Waals surface area contributed by atoms with E-state index in [4.69, 9.17) is 10.5 Å². The molecule has 0 aromatic rings. The molecule has 0 saturated heterocycles. The molecule has 1 aliphatic rings. The lowest BCUT2D eigenvalue weighted by Crippen LogP contribution is -1.77. The summed E-state index contributed by atoms with van der Waals surface area (Å²) in [6.07, 6.45) is 3.51. The van der Waals surface area contributed by atoms with E-state index in [1.165, 1.54) is 6.08 Å². The van der Waals surface area contributed by atoms with E-state index in [1.807, 2.05) is 12.1 Å². The van der Waals surface area contributed by atoms with Gasteiger partial charge in [0.05, 0.1) is 12.1 Å². The second-order valence-electron chi connectivity index (χ2n) is 2.11. The van der Waals surface area contributed by atoms with E-state index in [0.717, 1.165) is 12.8 Å². The second-order valence-corrected chi connectivity index (χ2v) is 2.11. The molecule has 0 heterocycles. The molecule has 0 unspecified atom stereocenters. The Morgan fingerprint density at radius 2 is 2.11 bits per heavy atom. The van der Waals surface area contributed by atoms with Crippen molar-refractivity contribution in [3.05, 3.63) is 11.6 Å². The Morgan fingerprint density at radius 3 is 2.44 bits per heavy atom. The van der Waals surface area contributed by atoms with Crippen LogP contribution in [0.5, 0.6) is 0 Å². The first-order valence-corrected chi connectivity index (χ1v) is 2.88. The van der Waals surface area contributed by atoms with Gasteiger partial charge in [0, 0.05) is 11.6 Å². The van der Waals surface area contributed by atoms with Crippen molar-refractivity contribution in [3.63, 3.8) is 0 Å². The van der Waals surface area contributed by atoms with Gasteiger partial charge in [0.1, 0.15) is 0 Å². The molecule has 0 amide bonds. The van der Waals surface area contributed by atoms with E-state index < -0.39 is 0 Å². The molecule has 44 valence electrons. The van der Waals surface area contributed by atoms with Crippen LogP contribution in [0.3, 0.4) is 0 Å². The summed E-state index contributed by atoms with van der Waals surface area (Å²) < 4.78 is 0. The molecule has 0 atom stereocenters. The van der Waals surface area contributed by atoms with Crippen molar-refractivity contribution in [2.75, 3.05) is 0 Å². The van der Waals surface area contributed by atoms with Crippen molar-refractivity contribution in [1.29, 1.82) is 10.5 Å². The summed E-state index contributed by atoms with van der Waals surface area (Å²) in [7, 11) is 0. The molecule has 2 heteroatoms. The van der Waals surface area contributed by atoms with Crippen LogP contribution in [0.25, 0.3) is 0 Å². The standard InChI is InChI=1S/C7H6N2/c8-4-3-7(5-9)6-1-2-6/h3,6H,1-2H2/b7-3+. The van der Waals surface area contributed by atoms with Gasteiger partial charge in [-0.3, -0.25) is 0 Å². The van der Waals surface area contributed by atoms with Crippen LogP contribution in [0.2, 0.25) is 0 Å². The highest BCUT2D eigenvalue weighted by Crippen LogP contribution is 2.35. The minimum absolute atomic E-state index is 0.412. The van der Waals surface area contributed by atoms with Crippen molar-refractivity contribution in [3.8, 4) is 12.1 Å². The first-order chi connectivity index (χ1) is 4.38. The lowest BCUT2D eigenvalue weighted by Gasteiger charge is -1.83. The summed E-state index contributed by atoms with van der Waals surface area (Å²) in [4.78, 5) is 0. The lowest BCUT2D eigenvalue weighted by atomic mass is 10.2. The molecular weight excluding hydrogens is 112 g/mol. The van der Waals surface area contributed by atoms with Gasteiger partial charge >= 0.3 is 0 Å². The largest absolute Gasteiger partial charge is 0.193 e. The maximum atomic E-state index is 8.40. The van der Waals surface area contributed by atoms with Gasteiger partial charge in [0.2, 0.25) is 0 Å². The highest BCUT2D eigenvalue weighted by Gasteiger charge is 2.25. The fraction of sp³-hybridized carbons (Fsp3) is 0.429. The topological polar surface area (TPSA) is 47.6 Å². The van der Waals surface area contributed by atoms with Crippen molar-refractivity contribution in [2.24, 2.45) is 5.92 Å². The van der Waals surface area contributed by atoms with Gasteiger partial charge < -0.3 is 0 Å². The first-order valence-electron chi connectivity index (χ1n) is 2.88. The molecule has 2 nitrogen and oxygen atoms in total. The SMILES string of the molecule is N#C/C=C(\C#N)C1CC1. The molecule has 0 bridgehead atoms. The monoisotopic (exact) mass is 118 g/mol. The van der Waals surface area contributed by atoms with Crippen molar-refractivity contribution < 1.29 is 0 Å². The fourth-order valence-electron chi connectivity index (χ4n) is 0.705. The van der Waals surface area contributed by atoms with Crippen molar-refractivity contribution in [1.82, 2.24) is 0 Å². The number of hydrogen-bond donors (Lipinski definition) is 0. The molecule has 0 aliphatic heterocycles. The van der Waals surface area contributed by atoms with E-state index in [2.05, 4.69) is 0 Å². The predicted octanol–water partition coefficient (Wildman–Crippen LogP) is 1.37. The second kappa shape index (κ2) is 2.33. The van der Waals surface area contributed by atoms with Crippen LogP contribution in [-0.4, -0.2) is 0 Å². The van der Waals surface area contributed by atoms with Gasteiger partial charge in [-0.05, 0) is 18.8 Å². The zero-order valence-electron chi connectivity index (χ0n) is 4.96. The molecule has 0 aromatic heterocycles. The minimum Gasteiger partial charge on any atom is -0.193 e. The molecule has 1 aliphatic carbocycles. The first kappa shape index (κ1) is 5.85. The maximum Gasteiger partial charge on any atom is 0.0957 e. The molecule has 1 rings (SSSR count). The average Bonchev–Trinajstić information content (AvgIpc) is 2.64. The molecule has 0 radical (unpaired) electrons. The Labute approximate surface area is 54.0 Å². The van der Waals surface area contributed by atoms with E-state index in [0.29, 0.717) is 11.5 Å². The molecule has 0 spiro atoms. The normalized spacial score (nSPS) is 18.2. The highest BCUT2D eigenvalue weighted by molar-refractivity contribution is 5.31. The average molecular weight is 118 g/mol. The third kappa shape index (κ3) is 1.30. The summed E-state index contributed by atoms with van der Waals surface area (Å²) in [6.45, 7) is 0. The van der Waals surface area contributed by atoms with Crippen molar-refractivity contribution in [2.45, 2.75) is 12.8 Å². The van der Waals surface area contributed by atoms with Crippen LogP contribution in [0.4, 0.5) is 0 Å². The molecule has 0 aromatic carbocycles. The fourth-order valence-corrected chi connectivity index (χ4v) is 0.705. The lowest BCUT2D eigenvalue weighted by molar-refractivity contribution is 1.06. The van der Waals surface area contributed by atoms with Crippen LogP contribution < -0.4 is 0 Å². The third-order valence-corrected chi connectivity index (χ3v) is 1.37. The molecule has 1 saturated carbocycles. The van der Waals surface area contributed by atoms with Crippen LogP contribution >= 0.6 is 0 Å². The Bertz CT molecular complexity index is 210. The Hall–Kier alpha value is -1.28. The van der Waals surface area contributed by atoms with E-state index in [1.54, 1.807) is 0 Å². The number of nitriles is 2. The number of rotatable bonds is 1. The Morgan fingerprint density at radius 1 is 1.44 bits per heavy atom. The number of hydrogen-bond acceptors (Lipinski definition) is 2. The summed E-state index contributed by atoms with van der Waals surface area (Å²) >= 11 is 0. The molecular formula is C7H6N2. The van der Waals surface area contributed by atoms with Gasteiger partial charge in [0.15, 0.2) is 0 Å². The minimum atomic E-state index is 0.412. The van der Waals surface area contributed by atoms with Crippen LogP contribution in [-0.2, 0) is 0 Å². The summed E-state index contributed by atoms with van der Waals surface area (Å²) in [5.41, 5.74) is 0.650. The molecule has 1 fully saturated rings. The zero-order chi connectivity index (χ0) is 6.69. The summed E-state index contributed by atoms with van der Waals surface area (Å²) in [6, 6.07) is 3.86. The van der Waals surface area contributed by atoms with Gasteiger partial charge in [-0.25, -0.2) is 0 Å². The summed E-state index contributed by atoms with van der Waals surface area (Å²) in [5, 5.41) is 16.6. The third-order valence-electron chi connectivity index (χ3n) is 1.37. The summed E-state index contributed by atoms with van der Waals surface area (Å²) in [5.74, 6) is 0.412. The van der Waals surface area contributed by atoms with E-state index >= 15 is 0 Å². The van der Waals surface area contributed by atoms with Crippen LogP contribution in [0, 0.1) is 28.6 Å². The molecule has 9 heavy (non-hydrogen) atoms. The quantitative estimate of drug-likeness (QED) is 0.488. The van der Waals surface area contributed by atoms with Crippen LogP contribution in [0.1, 0.15) is 12.8 Å². The Kier molecular flexibility index (Phi) is 1.51. The van der Waals surface area contributed by atoms with Crippen LogP contribution in [0.15, 0.2) is 11.6 Å². The number of nitrogens with zero attached hydrogens (tertiary/aromatic N) is 2. The zero-order valence-corrected chi connectivity index (χ0v) is 4.96. The maximum absolute atomic E-state index is 8.40. The molecule has 0 N–H and O–H groups in total. The van der Waals surface area contributed by atoms with Crippen molar-refractivity contribution >= 4 is 0 Å². The van der Waals surface area contributed by atoms with Gasteiger partial charge in [-0.2, -0.15) is 10.5 Å². The Balaban J connectivity index is 2.63. The predicted molar refractivity (Wildman–Crippen MR) is 32.0 cm³/mol. The van der Waals surface area contributed by atoms with Gasteiger partial charge in [-0.15, -0.1) is 0 Å². The van der Waals surface area contributed by atoms with E-state index in [9.17, 15) is 0 Å². The number of allylic oxidation sites excluding steroid dienone is 2. The highest BCUT2D eigenvalue weighted by atomic mass is 14.3. The van der Waals surface area contributed by atoms with Gasteiger partial charge in [0.25, 0.3) is 0 Å².